The molecule has 0 amide bonds. The third-order valence-corrected chi connectivity index (χ3v) is 3.34. The summed E-state index contributed by atoms with van der Waals surface area (Å²) >= 11 is 0. The van der Waals surface area contributed by atoms with Crippen LogP contribution in [0.3, 0.4) is 0 Å². The Labute approximate surface area is 133 Å². The number of nitrogens with one attached hydrogen (secondary N) is 1. The average Bonchev–Trinajstić information content (AvgIpc) is 2.88. The predicted molar refractivity (Wildman–Crippen MR) is 87.5 cm³/mol. The Hall–Kier alpha value is -3.15. The van der Waals surface area contributed by atoms with Crippen molar-refractivity contribution in [1.82, 2.24) is 14.8 Å². The van der Waals surface area contributed by atoms with Gasteiger partial charge in [-0.1, -0.05) is 18.2 Å². The number of para-hydroxylation sites is 1. The van der Waals surface area contributed by atoms with Crippen LogP contribution in [-0.4, -0.2) is 25.8 Å². The second-order valence-electron chi connectivity index (χ2n) is 5.20. The Morgan fingerprint density at radius 1 is 1.09 bits per heavy atom. The van der Waals surface area contributed by atoms with Gasteiger partial charge in [-0.2, -0.15) is 9.78 Å². The number of carboxylic acid groups (broad SMARTS) is 1. The molecular formula is C17H16N4O2. The van der Waals surface area contributed by atoms with E-state index < -0.39 is 5.97 Å². The van der Waals surface area contributed by atoms with Crippen LogP contribution in [0, 0.1) is 13.8 Å². The fourth-order valence-electron chi connectivity index (χ4n) is 2.33. The lowest BCUT2D eigenvalue weighted by atomic mass is 10.2. The molecule has 23 heavy (non-hydrogen) atoms. The Morgan fingerprint density at radius 2 is 1.87 bits per heavy atom. The Morgan fingerprint density at radius 3 is 2.61 bits per heavy atom. The topological polar surface area (TPSA) is 80.0 Å². The first-order valence-electron chi connectivity index (χ1n) is 7.14. The fraction of sp³-hybridized carbons (Fsp3) is 0.118. The molecule has 6 nitrogen and oxygen atoms in total. The summed E-state index contributed by atoms with van der Waals surface area (Å²) in [7, 11) is 0. The lowest BCUT2D eigenvalue weighted by Gasteiger charge is -2.11. The Kier molecular flexibility index (Phi) is 3.80. The summed E-state index contributed by atoms with van der Waals surface area (Å²) in [5.74, 6) is 0.354. The first-order chi connectivity index (χ1) is 11.0. The van der Waals surface area contributed by atoms with Gasteiger partial charge in [-0.25, -0.2) is 9.78 Å². The highest BCUT2D eigenvalue weighted by Crippen LogP contribution is 2.23. The molecule has 0 aliphatic heterocycles. The molecule has 0 atom stereocenters. The van der Waals surface area contributed by atoms with E-state index in [1.165, 1.54) is 0 Å². The molecule has 0 unspecified atom stereocenters. The molecule has 2 N–H and O–H groups in total. The maximum atomic E-state index is 11.3. The number of rotatable bonds is 4. The molecule has 2 heterocycles. The lowest BCUT2D eigenvalue weighted by Crippen LogP contribution is -2.07. The number of nitrogens with zero attached hydrogens (tertiary/aromatic N) is 3. The number of carboxylic acids is 1. The number of benzene rings is 1. The first-order valence-corrected chi connectivity index (χ1v) is 7.14. The minimum atomic E-state index is -0.982. The van der Waals surface area contributed by atoms with Gasteiger partial charge in [0.1, 0.15) is 5.82 Å². The van der Waals surface area contributed by atoms with E-state index in [1.807, 2.05) is 38.1 Å². The number of aromatic carboxylic acids is 1. The van der Waals surface area contributed by atoms with Gasteiger partial charge in [-0.05, 0) is 38.1 Å². The van der Waals surface area contributed by atoms with Crippen LogP contribution in [0.2, 0.25) is 0 Å². The number of carbonyl (C=O) groups is 1. The maximum absolute atomic E-state index is 11.3. The van der Waals surface area contributed by atoms with Gasteiger partial charge >= 0.3 is 5.97 Å². The summed E-state index contributed by atoms with van der Waals surface area (Å²) in [6, 6.07) is 14.3. The SMILES string of the molecule is Cc1cccc(-n2nc(C)cc2Nc2ccccc2C(=O)O)n1. The van der Waals surface area contributed by atoms with Gasteiger partial charge in [0.15, 0.2) is 5.82 Å². The number of aryl methyl sites for hydroxylation is 2. The van der Waals surface area contributed by atoms with E-state index in [2.05, 4.69) is 15.4 Å². The van der Waals surface area contributed by atoms with Crippen molar-refractivity contribution in [3.8, 4) is 5.82 Å². The summed E-state index contributed by atoms with van der Waals surface area (Å²) in [5.41, 5.74) is 2.40. The molecule has 116 valence electrons. The van der Waals surface area contributed by atoms with Crippen LogP contribution >= 0.6 is 0 Å². The van der Waals surface area contributed by atoms with Crippen molar-refractivity contribution in [2.75, 3.05) is 5.32 Å². The molecule has 1 aromatic carbocycles. The summed E-state index contributed by atoms with van der Waals surface area (Å²) in [6.45, 7) is 3.78. The number of hydrogen-bond donors (Lipinski definition) is 2. The molecule has 0 spiro atoms. The fourth-order valence-corrected chi connectivity index (χ4v) is 2.33. The molecule has 3 aromatic rings. The summed E-state index contributed by atoms with van der Waals surface area (Å²) < 4.78 is 1.67. The van der Waals surface area contributed by atoms with Gasteiger partial charge in [-0.15, -0.1) is 0 Å². The minimum Gasteiger partial charge on any atom is -0.478 e. The smallest absolute Gasteiger partial charge is 0.337 e. The van der Waals surface area contributed by atoms with E-state index in [-0.39, 0.29) is 5.56 Å². The highest BCUT2D eigenvalue weighted by atomic mass is 16.4. The molecule has 0 saturated heterocycles. The summed E-state index contributed by atoms with van der Waals surface area (Å²) in [5, 5.41) is 16.9. The molecular weight excluding hydrogens is 292 g/mol. The highest BCUT2D eigenvalue weighted by molar-refractivity contribution is 5.95. The monoisotopic (exact) mass is 308 g/mol. The van der Waals surface area contributed by atoms with E-state index in [1.54, 1.807) is 28.9 Å². The zero-order valence-corrected chi connectivity index (χ0v) is 12.8. The van der Waals surface area contributed by atoms with Gasteiger partial charge in [0, 0.05) is 11.8 Å². The predicted octanol–water partition coefficient (Wildman–Crippen LogP) is 3.33. The standard InChI is InChI=1S/C17H16N4O2/c1-11-6-5-9-15(18-11)21-16(10-12(2)20-21)19-14-8-4-3-7-13(14)17(22)23/h3-10,19H,1-2H3,(H,22,23). The van der Waals surface area contributed by atoms with E-state index in [0.29, 0.717) is 17.3 Å². The molecule has 0 bridgehead atoms. The molecule has 0 aliphatic carbocycles. The second kappa shape index (κ2) is 5.92. The quantitative estimate of drug-likeness (QED) is 0.773. The van der Waals surface area contributed by atoms with Crippen molar-refractivity contribution < 1.29 is 9.90 Å². The number of anilines is 2. The molecule has 0 aliphatic rings. The van der Waals surface area contributed by atoms with Crippen LogP contribution in [0.4, 0.5) is 11.5 Å². The number of hydrogen-bond acceptors (Lipinski definition) is 4. The normalized spacial score (nSPS) is 10.5. The van der Waals surface area contributed by atoms with Gasteiger partial charge in [0.25, 0.3) is 0 Å². The van der Waals surface area contributed by atoms with Gasteiger partial charge < -0.3 is 10.4 Å². The zero-order valence-electron chi connectivity index (χ0n) is 12.8. The third kappa shape index (κ3) is 3.06. The third-order valence-electron chi connectivity index (χ3n) is 3.34. The van der Waals surface area contributed by atoms with Crippen LogP contribution in [0.5, 0.6) is 0 Å². The second-order valence-corrected chi connectivity index (χ2v) is 5.20. The molecule has 6 heteroatoms. The maximum Gasteiger partial charge on any atom is 0.337 e. The largest absolute Gasteiger partial charge is 0.478 e. The molecule has 0 saturated carbocycles. The van der Waals surface area contributed by atoms with E-state index >= 15 is 0 Å². The Balaban J connectivity index is 2.04. The molecule has 3 rings (SSSR count). The molecule has 2 aromatic heterocycles. The van der Waals surface area contributed by atoms with E-state index in [0.717, 1.165) is 11.4 Å². The van der Waals surface area contributed by atoms with Crippen molar-refractivity contribution in [2.45, 2.75) is 13.8 Å². The van der Waals surface area contributed by atoms with Crippen LogP contribution in [-0.2, 0) is 0 Å². The van der Waals surface area contributed by atoms with Crippen molar-refractivity contribution in [3.63, 3.8) is 0 Å². The summed E-state index contributed by atoms with van der Waals surface area (Å²) in [4.78, 5) is 15.8. The highest BCUT2D eigenvalue weighted by Gasteiger charge is 2.13. The van der Waals surface area contributed by atoms with Crippen LogP contribution in [0.25, 0.3) is 5.82 Å². The van der Waals surface area contributed by atoms with Gasteiger partial charge in [-0.3, -0.25) is 0 Å². The zero-order chi connectivity index (χ0) is 16.4. The van der Waals surface area contributed by atoms with E-state index in [4.69, 9.17) is 0 Å². The van der Waals surface area contributed by atoms with Gasteiger partial charge in [0.2, 0.25) is 0 Å². The summed E-state index contributed by atoms with van der Waals surface area (Å²) in [6.07, 6.45) is 0. The minimum absolute atomic E-state index is 0.204. The Bertz CT molecular complexity index is 871. The van der Waals surface area contributed by atoms with Crippen LogP contribution < -0.4 is 5.32 Å². The molecule has 0 fully saturated rings. The number of aromatic nitrogens is 3. The lowest BCUT2D eigenvalue weighted by molar-refractivity contribution is 0.0698. The average molecular weight is 308 g/mol. The van der Waals surface area contributed by atoms with Crippen molar-refractivity contribution in [1.29, 1.82) is 0 Å². The van der Waals surface area contributed by atoms with Crippen molar-refractivity contribution >= 4 is 17.5 Å². The van der Waals surface area contributed by atoms with Crippen molar-refractivity contribution in [3.05, 3.63) is 65.5 Å². The first kappa shape index (κ1) is 14.8. The van der Waals surface area contributed by atoms with Crippen LogP contribution in [0.15, 0.2) is 48.5 Å². The van der Waals surface area contributed by atoms with Gasteiger partial charge in [0.05, 0.1) is 16.9 Å². The van der Waals surface area contributed by atoms with Crippen LogP contribution in [0.1, 0.15) is 21.7 Å². The number of pyridine rings is 1. The molecule has 0 radical (unpaired) electrons. The van der Waals surface area contributed by atoms with E-state index in [9.17, 15) is 9.90 Å². The van der Waals surface area contributed by atoms with Crippen molar-refractivity contribution in [2.24, 2.45) is 0 Å².